The van der Waals surface area contributed by atoms with E-state index in [9.17, 15) is 4.39 Å². The molecule has 1 nitrogen and oxygen atoms in total. The molecule has 1 N–H and O–H groups in total. The number of benzene rings is 2. The standard InChI is InChI=1S/C15H15BrFN/c1-10-7-8-12(9-15(10)17)18-11(2)13-5-3-4-6-14(13)16/h3-9,11,18H,1-2H3. The number of nitrogens with one attached hydrogen (secondary N) is 1. The molecule has 94 valence electrons. The van der Waals surface area contributed by atoms with E-state index in [1.807, 2.05) is 30.3 Å². The number of hydrogen-bond donors (Lipinski definition) is 1. The largest absolute Gasteiger partial charge is 0.378 e. The molecular weight excluding hydrogens is 293 g/mol. The molecule has 2 aromatic carbocycles. The van der Waals surface area contributed by atoms with Gasteiger partial charge < -0.3 is 5.32 Å². The van der Waals surface area contributed by atoms with Gasteiger partial charge >= 0.3 is 0 Å². The van der Waals surface area contributed by atoms with Crippen molar-refractivity contribution in [2.75, 3.05) is 5.32 Å². The molecule has 1 atom stereocenters. The summed E-state index contributed by atoms with van der Waals surface area (Å²) in [4.78, 5) is 0. The van der Waals surface area contributed by atoms with Gasteiger partial charge in [-0.1, -0.05) is 40.2 Å². The van der Waals surface area contributed by atoms with E-state index in [2.05, 4.69) is 28.2 Å². The Balaban J connectivity index is 2.19. The van der Waals surface area contributed by atoms with Gasteiger partial charge in [0.25, 0.3) is 0 Å². The molecular formula is C15H15BrFN. The lowest BCUT2D eigenvalue weighted by molar-refractivity contribution is 0.618. The van der Waals surface area contributed by atoms with Crippen molar-refractivity contribution in [2.24, 2.45) is 0 Å². The van der Waals surface area contributed by atoms with Gasteiger partial charge in [-0.2, -0.15) is 0 Å². The summed E-state index contributed by atoms with van der Waals surface area (Å²) in [5.74, 6) is -0.181. The fourth-order valence-electron chi connectivity index (χ4n) is 1.84. The van der Waals surface area contributed by atoms with Crippen LogP contribution >= 0.6 is 15.9 Å². The number of aryl methyl sites for hydroxylation is 1. The first-order valence-corrected chi connectivity index (χ1v) is 6.64. The maximum atomic E-state index is 13.5. The maximum Gasteiger partial charge on any atom is 0.128 e. The van der Waals surface area contributed by atoms with E-state index in [0.717, 1.165) is 15.7 Å². The Morgan fingerprint density at radius 2 is 1.89 bits per heavy atom. The van der Waals surface area contributed by atoms with Crippen LogP contribution in [0, 0.1) is 12.7 Å². The van der Waals surface area contributed by atoms with Gasteiger partial charge in [0.2, 0.25) is 0 Å². The van der Waals surface area contributed by atoms with E-state index in [0.29, 0.717) is 5.56 Å². The predicted molar refractivity (Wildman–Crippen MR) is 77.3 cm³/mol. The highest BCUT2D eigenvalue weighted by Crippen LogP contribution is 2.26. The van der Waals surface area contributed by atoms with Gasteiger partial charge in [0, 0.05) is 16.2 Å². The molecule has 0 radical (unpaired) electrons. The van der Waals surface area contributed by atoms with Crippen molar-refractivity contribution in [2.45, 2.75) is 19.9 Å². The van der Waals surface area contributed by atoms with E-state index in [1.165, 1.54) is 6.07 Å². The summed E-state index contributed by atoms with van der Waals surface area (Å²) in [6, 6.07) is 13.3. The lowest BCUT2D eigenvalue weighted by atomic mass is 10.1. The van der Waals surface area contributed by atoms with Crippen LogP contribution < -0.4 is 5.32 Å². The Kier molecular flexibility index (Phi) is 4.02. The molecule has 3 heteroatoms. The Morgan fingerprint density at radius 3 is 2.56 bits per heavy atom. The summed E-state index contributed by atoms with van der Waals surface area (Å²) in [6.07, 6.45) is 0. The zero-order valence-corrected chi connectivity index (χ0v) is 12.0. The van der Waals surface area contributed by atoms with Gasteiger partial charge in [-0.25, -0.2) is 4.39 Å². The molecule has 0 bridgehead atoms. The summed E-state index contributed by atoms with van der Waals surface area (Å²) < 4.78 is 14.5. The topological polar surface area (TPSA) is 12.0 Å². The minimum atomic E-state index is -0.181. The van der Waals surface area contributed by atoms with Crippen molar-refractivity contribution in [3.8, 4) is 0 Å². The molecule has 0 aromatic heterocycles. The molecule has 1 unspecified atom stereocenters. The molecule has 18 heavy (non-hydrogen) atoms. The van der Waals surface area contributed by atoms with Gasteiger partial charge in [-0.3, -0.25) is 0 Å². The lowest BCUT2D eigenvalue weighted by Gasteiger charge is -2.17. The zero-order chi connectivity index (χ0) is 13.1. The van der Waals surface area contributed by atoms with Crippen LogP contribution in [0.4, 0.5) is 10.1 Å². The molecule has 0 aliphatic carbocycles. The SMILES string of the molecule is Cc1ccc(NC(C)c2ccccc2Br)cc1F. The van der Waals surface area contributed by atoms with Crippen LogP contribution in [0.25, 0.3) is 0 Å². The average molecular weight is 308 g/mol. The first-order valence-electron chi connectivity index (χ1n) is 5.85. The van der Waals surface area contributed by atoms with Crippen LogP contribution in [0.2, 0.25) is 0 Å². The fourth-order valence-corrected chi connectivity index (χ4v) is 2.46. The Labute approximate surface area is 115 Å². The highest BCUT2D eigenvalue weighted by Gasteiger charge is 2.09. The summed E-state index contributed by atoms with van der Waals surface area (Å²) in [5, 5.41) is 3.30. The molecule has 0 saturated carbocycles. The third kappa shape index (κ3) is 2.91. The minimum absolute atomic E-state index is 0.114. The minimum Gasteiger partial charge on any atom is -0.378 e. The Hall–Kier alpha value is -1.35. The van der Waals surface area contributed by atoms with Crippen LogP contribution in [-0.4, -0.2) is 0 Å². The summed E-state index contributed by atoms with van der Waals surface area (Å²) in [5.41, 5.74) is 2.61. The first-order chi connectivity index (χ1) is 8.58. The summed E-state index contributed by atoms with van der Waals surface area (Å²) in [7, 11) is 0. The fraction of sp³-hybridized carbons (Fsp3) is 0.200. The van der Waals surface area contributed by atoms with Crippen molar-refractivity contribution >= 4 is 21.6 Å². The highest BCUT2D eigenvalue weighted by molar-refractivity contribution is 9.10. The second kappa shape index (κ2) is 5.53. The second-order valence-electron chi connectivity index (χ2n) is 4.35. The summed E-state index contributed by atoms with van der Waals surface area (Å²) in [6.45, 7) is 3.81. The smallest absolute Gasteiger partial charge is 0.128 e. The van der Waals surface area contributed by atoms with Crippen molar-refractivity contribution in [1.82, 2.24) is 0 Å². The first kappa shape index (κ1) is 13.1. The van der Waals surface area contributed by atoms with Crippen molar-refractivity contribution in [1.29, 1.82) is 0 Å². The Morgan fingerprint density at radius 1 is 1.17 bits per heavy atom. The number of hydrogen-bond acceptors (Lipinski definition) is 1. The predicted octanol–water partition coefficient (Wildman–Crippen LogP) is 5.07. The molecule has 0 spiro atoms. The molecule has 0 aliphatic heterocycles. The molecule has 0 heterocycles. The number of anilines is 1. The highest BCUT2D eigenvalue weighted by atomic mass is 79.9. The van der Waals surface area contributed by atoms with Crippen LogP contribution in [-0.2, 0) is 0 Å². The third-order valence-electron chi connectivity index (χ3n) is 2.93. The molecule has 2 aromatic rings. The van der Waals surface area contributed by atoms with E-state index >= 15 is 0 Å². The van der Waals surface area contributed by atoms with Crippen molar-refractivity contribution in [3.63, 3.8) is 0 Å². The van der Waals surface area contributed by atoms with Gasteiger partial charge in [0.05, 0.1) is 0 Å². The molecule has 0 aliphatic rings. The van der Waals surface area contributed by atoms with Crippen molar-refractivity contribution < 1.29 is 4.39 Å². The van der Waals surface area contributed by atoms with E-state index in [1.54, 1.807) is 13.0 Å². The van der Waals surface area contributed by atoms with Gasteiger partial charge in [0.1, 0.15) is 5.82 Å². The number of halogens is 2. The van der Waals surface area contributed by atoms with Gasteiger partial charge in [-0.15, -0.1) is 0 Å². The molecule has 0 amide bonds. The van der Waals surface area contributed by atoms with Crippen LogP contribution in [0.5, 0.6) is 0 Å². The van der Waals surface area contributed by atoms with Crippen LogP contribution in [0.1, 0.15) is 24.1 Å². The maximum absolute atomic E-state index is 13.5. The Bertz CT molecular complexity index is 554. The van der Waals surface area contributed by atoms with Crippen LogP contribution in [0.3, 0.4) is 0 Å². The monoisotopic (exact) mass is 307 g/mol. The average Bonchev–Trinajstić information content (AvgIpc) is 2.34. The lowest BCUT2D eigenvalue weighted by Crippen LogP contribution is -2.07. The van der Waals surface area contributed by atoms with E-state index in [4.69, 9.17) is 0 Å². The van der Waals surface area contributed by atoms with E-state index < -0.39 is 0 Å². The normalized spacial score (nSPS) is 12.2. The second-order valence-corrected chi connectivity index (χ2v) is 5.21. The third-order valence-corrected chi connectivity index (χ3v) is 3.65. The summed E-state index contributed by atoms with van der Waals surface area (Å²) >= 11 is 3.52. The van der Waals surface area contributed by atoms with Gasteiger partial charge in [0.15, 0.2) is 0 Å². The zero-order valence-electron chi connectivity index (χ0n) is 10.4. The molecule has 0 saturated heterocycles. The molecule has 2 rings (SSSR count). The van der Waals surface area contributed by atoms with E-state index in [-0.39, 0.29) is 11.9 Å². The molecule has 0 fully saturated rings. The quantitative estimate of drug-likeness (QED) is 0.834. The number of rotatable bonds is 3. The van der Waals surface area contributed by atoms with Crippen LogP contribution in [0.15, 0.2) is 46.9 Å². The van der Waals surface area contributed by atoms with Crippen molar-refractivity contribution in [3.05, 3.63) is 63.9 Å². The van der Waals surface area contributed by atoms with Gasteiger partial charge in [-0.05, 0) is 43.2 Å².